The highest BCUT2D eigenvalue weighted by molar-refractivity contribution is 6.07. The second-order valence-corrected chi connectivity index (χ2v) is 7.20. The Labute approximate surface area is 167 Å². The van der Waals surface area contributed by atoms with E-state index in [4.69, 9.17) is 0 Å². The van der Waals surface area contributed by atoms with Gasteiger partial charge in [0.2, 0.25) is 0 Å². The van der Waals surface area contributed by atoms with Crippen LogP contribution in [0.15, 0.2) is 42.7 Å². The van der Waals surface area contributed by atoms with E-state index >= 15 is 0 Å². The van der Waals surface area contributed by atoms with Crippen molar-refractivity contribution in [1.82, 2.24) is 15.2 Å². The highest BCUT2D eigenvalue weighted by Crippen LogP contribution is 2.29. The zero-order valence-electron chi connectivity index (χ0n) is 15.7. The molecule has 1 aromatic heterocycles. The molecule has 148 valence electrons. The lowest BCUT2D eigenvalue weighted by Crippen LogP contribution is -2.44. The largest absolute Gasteiger partial charge is 0.334 e. The first-order valence-electron chi connectivity index (χ1n) is 9.43. The number of ketones is 2. The number of hydrogen-bond acceptors (Lipinski definition) is 5. The molecule has 2 aliphatic rings. The maximum Gasteiger partial charge on any atom is 0.319 e. The molecule has 0 bridgehead atoms. The third kappa shape index (κ3) is 4.01. The zero-order valence-corrected chi connectivity index (χ0v) is 15.7. The molecule has 29 heavy (non-hydrogen) atoms. The maximum atomic E-state index is 12.8. The van der Waals surface area contributed by atoms with E-state index in [1.807, 2.05) is 12.1 Å². The quantitative estimate of drug-likeness (QED) is 0.774. The highest BCUT2D eigenvalue weighted by atomic mass is 16.2. The number of anilines is 1. The summed E-state index contributed by atoms with van der Waals surface area (Å²) in [7, 11) is 0. The summed E-state index contributed by atoms with van der Waals surface area (Å²) in [5.74, 6) is -0.443. The summed E-state index contributed by atoms with van der Waals surface area (Å²) >= 11 is 0. The van der Waals surface area contributed by atoms with Crippen molar-refractivity contribution in [3.63, 3.8) is 0 Å². The van der Waals surface area contributed by atoms with Crippen LogP contribution in [0.3, 0.4) is 0 Å². The Kier molecular flexibility index (Phi) is 5.07. The summed E-state index contributed by atoms with van der Waals surface area (Å²) in [5, 5.41) is 5.45. The van der Waals surface area contributed by atoms with Gasteiger partial charge >= 0.3 is 6.03 Å². The monoisotopic (exact) mass is 392 g/mol. The average molecular weight is 392 g/mol. The molecule has 1 atom stereocenters. The third-order valence-electron chi connectivity index (χ3n) is 5.21. The summed E-state index contributed by atoms with van der Waals surface area (Å²) in [4.78, 5) is 54.0. The van der Waals surface area contributed by atoms with Crippen LogP contribution in [0.1, 0.15) is 40.7 Å². The molecule has 1 fully saturated rings. The minimum Gasteiger partial charge on any atom is -0.334 e. The van der Waals surface area contributed by atoms with E-state index in [-0.39, 0.29) is 36.5 Å². The van der Waals surface area contributed by atoms with Gasteiger partial charge in [-0.2, -0.15) is 0 Å². The molecule has 1 aromatic carbocycles. The van der Waals surface area contributed by atoms with Crippen LogP contribution in [0.4, 0.5) is 10.5 Å². The van der Waals surface area contributed by atoms with Gasteiger partial charge in [-0.25, -0.2) is 4.79 Å². The summed E-state index contributed by atoms with van der Waals surface area (Å²) < 4.78 is 0. The Bertz CT molecular complexity index is 989. The molecule has 0 spiro atoms. The molecule has 1 saturated carbocycles. The van der Waals surface area contributed by atoms with E-state index in [0.717, 1.165) is 11.1 Å². The van der Waals surface area contributed by atoms with Crippen molar-refractivity contribution in [3.05, 3.63) is 59.4 Å². The molecule has 2 N–H and O–H groups in total. The first-order valence-corrected chi connectivity index (χ1v) is 9.43. The van der Waals surface area contributed by atoms with E-state index in [2.05, 4.69) is 15.6 Å². The zero-order chi connectivity index (χ0) is 20.4. The molecule has 0 radical (unpaired) electrons. The predicted octanol–water partition coefficient (Wildman–Crippen LogP) is 2.05. The van der Waals surface area contributed by atoms with Crippen LogP contribution in [-0.4, -0.2) is 39.4 Å². The molecule has 1 aliphatic carbocycles. The van der Waals surface area contributed by atoms with Crippen molar-refractivity contribution < 1.29 is 19.2 Å². The lowest BCUT2D eigenvalue weighted by molar-refractivity contribution is -0.133. The standard InChI is InChI=1S/C21H20N4O4/c26-16-3-4-18(19(27)10-16)25-12-14-2-1-13(9-17(14)20(25)28)11-23-21(29)24-15-5-7-22-8-6-15/h1-2,5-9,18H,3-4,10-12H2,(H2,22,23,24,29). The lowest BCUT2D eigenvalue weighted by atomic mass is 9.92. The van der Waals surface area contributed by atoms with Gasteiger partial charge in [0.05, 0.1) is 12.5 Å². The number of fused-ring (bicyclic) bond motifs is 1. The van der Waals surface area contributed by atoms with Gasteiger partial charge in [0.15, 0.2) is 5.78 Å². The van der Waals surface area contributed by atoms with Gasteiger partial charge in [0.1, 0.15) is 5.78 Å². The molecule has 0 saturated heterocycles. The number of Topliss-reactive ketones (excluding diaryl/α,β-unsaturated/α-hetero) is 2. The first kappa shape index (κ1) is 18.8. The van der Waals surface area contributed by atoms with Gasteiger partial charge in [-0.3, -0.25) is 19.4 Å². The Morgan fingerprint density at radius 2 is 1.93 bits per heavy atom. The number of urea groups is 1. The van der Waals surface area contributed by atoms with Crippen LogP contribution in [-0.2, 0) is 22.7 Å². The molecule has 1 unspecified atom stereocenters. The number of nitrogens with zero attached hydrogens (tertiary/aromatic N) is 2. The normalized spacial score (nSPS) is 18.6. The Morgan fingerprint density at radius 3 is 2.69 bits per heavy atom. The third-order valence-corrected chi connectivity index (χ3v) is 5.21. The maximum absolute atomic E-state index is 12.8. The second kappa shape index (κ2) is 7.83. The number of nitrogens with one attached hydrogen (secondary N) is 2. The van der Waals surface area contributed by atoms with Gasteiger partial charge in [0, 0.05) is 43.2 Å². The van der Waals surface area contributed by atoms with Crippen LogP contribution in [0.25, 0.3) is 0 Å². The molecule has 8 heteroatoms. The van der Waals surface area contributed by atoms with Gasteiger partial charge < -0.3 is 15.5 Å². The highest BCUT2D eigenvalue weighted by Gasteiger charge is 2.38. The molecular formula is C21H20N4O4. The van der Waals surface area contributed by atoms with E-state index in [1.165, 1.54) is 0 Å². The smallest absolute Gasteiger partial charge is 0.319 e. The summed E-state index contributed by atoms with van der Waals surface area (Å²) in [6.07, 6.45) is 3.80. The van der Waals surface area contributed by atoms with Gasteiger partial charge in [-0.15, -0.1) is 0 Å². The molecule has 2 aromatic rings. The van der Waals surface area contributed by atoms with Crippen molar-refractivity contribution in [2.45, 2.75) is 38.4 Å². The van der Waals surface area contributed by atoms with Crippen molar-refractivity contribution in [2.75, 3.05) is 5.32 Å². The number of amides is 3. The summed E-state index contributed by atoms with van der Waals surface area (Å²) in [5.41, 5.74) is 2.81. The minimum atomic E-state index is -0.527. The number of benzene rings is 1. The summed E-state index contributed by atoms with van der Waals surface area (Å²) in [6.45, 7) is 0.628. The topological polar surface area (TPSA) is 108 Å². The van der Waals surface area contributed by atoms with Gasteiger partial charge in [0.25, 0.3) is 5.91 Å². The number of carbonyl (C=O) groups is 4. The Balaban J connectivity index is 1.39. The van der Waals surface area contributed by atoms with E-state index in [0.29, 0.717) is 30.6 Å². The van der Waals surface area contributed by atoms with Crippen molar-refractivity contribution in [2.24, 2.45) is 0 Å². The molecule has 4 rings (SSSR count). The average Bonchev–Trinajstić information content (AvgIpc) is 3.03. The van der Waals surface area contributed by atoms with E-state index < -0.39 is 6.04 Å². The van der Waals surface area contributed by atoms with Crippen molar-refractivity contribution in [1.29, 1.82) is 0 Å². The Morgan fingerprint density at radius 1 is 1.14 bits per heavy atom. The van der Waals surface area contributed by atoms with Crippen molar-refractivity contribution in [3.8, 4) is 0 Å². The van der Waals surface area contributed by atoms with Crippen molar-refractivity contribution >= 4 is 29.2 Å². The van der Waals surface area contributed by atoms with Crippen LogP contribution >= 0.6 is 0 Å². The number of hydrogen-bond donors (Lipinski definition) is 2. The SMILES string of the molecule is O=C1CCC(N2Cc3ccc(CNC(=O)Nc4ccncc4)cc3C2=O)C(=O)C1. The molecule has 8 nitrogen and oxygen atoms in total. The summed E-state index contributed by atoms with van der Waals surface area (Å²) in [6, 6.07) is 7.94. The lowest BCUT2D eigenvalue weighted by Gasteiger charge is -2.29. The second-order valence-electron chi connectivity index (χ2n) is 7.20. The first-order chi connectivity index (χ1) is 14.0. The number of carbonyl (C=O) groups excluding carboxylic acids is 4. The number of aromatic nitrogens is 1. The predicted molar refractivity (Wildman–Crippen MR) is 104 cm³/mol. The fraction of sp³-hybridized carbons (Fsp3) is 0.286. The molecule has 1 aliphatic heterocycles. The minimum absolute atomic E-state index is 0.0613. The van der Waals surface area contributed by atoms with Crippen LogP contribution in [0.5, 0.6) is 0 Å². The fourth-order valence-corrected chi connectivity index (χ4v) is 3.71. The van der Waals surface area contributed by atoms with Crippen LogP contribution < -0.4 is 10.6 Å². The van der Waals surface area contributed by atoms with Crippen LogP contribution in [0, 0.1) is 0 Å². The molecule has 3 amide bonds. The van der Waals surface area contributed by atoms with Gasteiger partial charge in [-0.1, -0.05) is 12.1 Å². The number of pyridine rings is 1. The number of rotatable bonds is 4. The Hall–Kier alpha value is -3.55. The fourth-order valence-electron chi connectivity index (χ4n) is 3.71. The van der Waals surface area contributed by atoms with E-state index in [1.54, 1.807) is 35.5 Å². The van der Waals surface area contributed by atoms with Crippen LogP contribution in [0.2, 0.25) is 0 Å². The molecular weight excluding hydrogens is 372 g/mol. The van der Waals surface area contributed by atoms with Gasteiger partial charge in [-0.05, 0) is 35.7 Å². The van der Waals surface area contributed by atoms with E-state index in [9.17, 15) is 19.2 Å². The molecule has 2 heterocycles.